The van der Waals surface area contributed by atoms with E-state index in [1.807, 2.05) is 81.6 Å². The zero-order chi connectivity index (χ0) is 26.6. The normalized spacial score (nSPS) is 13.6. The Morgan fingerprint density at radius 3 is 2.54 bits per heavy atom. The molecule has 1 fully saturated rings. The fourth-order valence-corrected chi connectivity index (χ4v) is 6.38. The number of aromatic nitrogens is 5. The quantitative estimate of drug-likeness (QED) is 0.231. The van der Waals surface area contributed by atoms with Gasteiger partial charge in [0.1, 0.15) is 10.7 Å². The zero-order valence-electron chi connectivity index (χ0n) is 20.9. The minimum Gasteiger partial charge on any atom is -0.368 e. The number of carbonyl (C=O) groups is 1. The summed E-state index contributed by atoms with van der Waals surface area (Å²) in [6.07, 6.45) is 3.52. The molecule has 0 spiro atoms. The lowest BCUT2D eigenvalue weighted by atomic mass is 10.2. The number of hydrogen-bond donors (Lipinski definition) is 0. The number of para-hydroxylation sites is 1. The fourth-order valence-electron chi connectivity index (χ4n) is 4.46. The van der Waals surface area contributed by atoms with Gasteiger partial charge in [-0.2, -0.15) is 0 Å². The monoisotopic (exact) mass is 573 g/mol. The number of thioether (sulfide) groups is 1. The molecule has 1 aliphatic rings. The van der Waals surface area contributed by atoms with Crippen LogP contribution in [0.2, 0.25) is 5.02 Å². The summed E-state index contributed by atoms with van der Waals surface area (Å²) in [7, 11) is 0. The van der Waals surface area contributed by atoms with Gasteiger partial charge in [0.15, 0.2) is 11.0 Å². The topological polar surface area (TPSA) is 80.0 Å². The fraction of sp³-hybridized carbons (Fsp3) is 0.179. The molecule has 1 amide bonds. The van der Waals surface area contributed by atoms with E-state index in [1.165, 1.54) is 11.3 Å². The van der Waals surface area contributed by atoms with Crippen LogP contribution in [-0.2, 0) is 5.75 Å². The lowest BCUT2D eigenvalue weighted by molar-refractivity contribution is 0.0741. The van der Waals surface area contributed by atoms with Crippen LogP contribution in [0.1, 0.15) is 15.5 Å². The van der Waals surface area contributed by atoms with E-state index in [0.29, 0.717) is 29.6 Å². The van der Waals surface area contributed by atoms with Crippen LogP contribution < -0.4 is 4.90 Å². The van der Waals surface area contributed by atoms with Crippen LogP contribution in [0.5, 0.6) is 0 Å². The number of hydrogen-bond acceptors (Lipinski definition) is 8. The Labute approximate surface area is 239 Å². The molecule has 4 heterocycles. The summed E-state index contributed by atoms with van der Waals surface area (Å²) < 4.78 is 2.03. The number of carbonyl (C=O) groups excluding carboxylic acids is 1. The van der Waals surface area contributed by atoms with Crippen LogP contribution >= 0.6 is 34.7 Å². The molecule has 39 heavy (non-hydrogen) atoms. The first-order valence-corrected chi connectivity index (χ1v) is 14.7. The Morgan fingerprint density at radius 2 is 1.77 bits per heavy atom. The van der Waals surface area contributed by atoms with E-state index < -0.39 is 0 Å². The van der Waals surface area contributed by atoms with Crippen molar-refractivity contribution in [1.29, 1.82) is 0 Å². The molecule has 6 rings (SSSR count). The van der Waals surface area contributed by atoms with Crippen LogP contribution in [0.25, 0.3) is 17.1 Å². The van der Waals surface area contributed by atoms with E-state index in [9.17, 15) is 4.79 Å². The summed E-state index contributed by atoms with van der Waals surface area (Å²) in [4.78, 5) is 26.2. The van der Waals surface area contributed by atoms with Crippen molar-refractivity contribution in [1.82, 2.24) is 29.6 Å². The number of halogens is 1. The maximum atomic E-state index is 13.2. The minimum absolute atomic E-state index is 0.0282. The van der Waals surface area contributed by atoms with Gasteiger partial charge in [-0.1, -0.05) is 47.6 Å². The Kier molecular flexibility index (Phi) is 7.57. The zero-order valence-corrected chi connectivity index (χ0v) is 23.2. The van der Waals surface area contributed by atoms with E-state index in [2.05, 4.69) is 25.1 Å². The van der Waals surface area contributed by atoms with E-state index in [4.69, 9.17) is 11.6 Å². The maximum absolute atomic E-state index is 13.2. The highest BCUT2D eigenvalue weighted by Crippen LogP contribution is 2.30. The highest BCUT2D eigenvalue weighted by atomic mass is 35.5. The summed E-state index contributed by atoms with van der Waals surface area (Å²) in [6, 6.07) is 21.7. The number of anilines is 1. The summed E-state index contributed by atoms with van der Waals surface area (Å²) in [5.74, 6) is 1.28. The van der Waals surface area contributed by atoms with Crippen LogP contribution in [-0.4, -0.2) is 61.7 Å². The molecule has 8 nitrogen and oxygen atoms in total. The number of piperazine rings is 1. The number of rotatable bonds is 7. The Hall–Kier alpha value is -3.73. The summed E-state index contributed by atoms with van der Waals surface area (Å²) >= 11 is 9.19. The summed E-state index contributed by atoms with van der Waals surface area (Å²) in [5, 5.41) is 13.1. The molecule has 0 unspecified atom stereocenters. The van der Waals surface area contributed by atoms with Gasteiger partial charge in [0.2, 0.25) is 0 Å². The van der Waals surface area contributed by atoms with E-state index in [1.54, 1.807) is 24.2 Å². The van der Waals surface area contributed by atoms with Gasteiger partial charge in [-0.15, -0.1) is 21.5 Å². The second-order valence-corrected chi connectivity index (χ2v) is 11.2. The predicted molar refractivity (Wildman–Crippen MR) is 156 cm³/mol. The third-order valence-electron chi connectivity index (χ3n) is 6.40. The van der Waals surface area contributed by atoms with Crippen molar-refractivity contribution in [3.05, 3.63) is 100 Å². The second kappa shape index (κ2) is 11.6. The average Bonchev–Trinajstić information content (AvgIpc) is 3.64. The Bertz CT molecular complexity index is 1570. The van der Waals surface area contributed by atoms with Crippen molar-refractivity contribution in [3.63, 3.8) is 0 Å². The van der Waals surface area contributed by atoms with Crippen molar-refractivity contribution < 1.29 is 4.79 Å². The van der Waals surface area contributed by atoms with Crippen LogP contribution in [0.15, 0.2) is 89.7 Å². The van der Waals surface area contributed by atoms with Gasteiger partial charge < -0.3 is 9.80 Å². The first-order valence-electron chi connectivity index (χ1n) is 12.4. The third kappa shape index (κ3) is 5.68. The average molecular weight is 574 g/mol. The van der Waals surface area contributed by atoms with Crippen LogP contribution in [0, 0.1) is 0 Å². The van der Waals surface area contributed by atoms with Gasteiger partial charge in [-0.3, -0.25) is 14.3 Å². The third-order valence-corrected chi connectivity index (χ3v) is 8.61. The van der Waals surface area contributed by atoms with Crippen molar-refractivity contribution in [3.8, 4) is 17.1 Å². The first kappa shape index (κ1) is 25.5. The molecule has 0 atom stereocenters. The highest BCUT2D eigenvalue weighted by Gasteiger charge is 2.24. The van der Waals surface area contributed by atoms with Crippen molar-refractivity contribution in [2.24, 2.45) is 0 Å². The smallest absolute Gasteiger partial charge is 0.273 e. The molecule has 1 aliphatic heterocycles. The first-order chi connectivity index (χ1) is 19.2. The molecule has 196 valence electrons. The minimum atomic E-state index is -0.0282. The standard InChI is InChI=1S/C28H24ClN7OS2/c29-21-7-4-10-23(16-21)34-12-14-35(15-13-34)27(37)24-18-38-25(31-24)19-39-28-33-32-26(20-6-5-11-30-17-20)36(28)22-8-2-1-3-9-22/h1-11,16-18H,12-15,19H2. The number of benzene rings is 2. The van der Waals surface area contributed by atoms with Gasteiger partial charge in [0, 0.05) is 65.9 Å². The Morgan fingerprint density at radius 1 is 0.949 bits per heavy atom. The molecule has 0 bridgehead atoms. The molecular formula is C28H24ClN7OS2. The van der Waals surface area contributed by atoms with Gasteiger partial charge in [0.05, 0.1) is 5.75 Å². The molecule has 0 saturated carbocycles. The van der Waals surface area contributed by atoms with Gasteiger partial charge in [-0.25, -0.2) is 4.98 Å². The molecule has 3 aromatic heterocycles. The van der Waals surface area contributed by atoms with E-state index in [0.717, 1.165) is 46.0 Å². The molecule has 0 aliphatic carbocycles. The second-order valence-electron chi connectivity index (χ2n) is 8.89. The number of nitrogens with zero attached hydrogens (tertiary/aromatic N) is 7. The molecular weight excluding hydrogens is 550 g/mol. The number of pyridine rings is 1. The van der Waals surface area contributed by atoms with Crippen LogP contribution in [0.3, 0.4) is 0 Å². The number of thiazole rings is 1. The summed E-state index contributed by atoms with van der Waals surface area (Å²) in [6.45, 7) is 2.80. The lowest BCUT2D eigenvalue weighted by Gasteiger charge is -2.35. The van der Waals surface area contributed by atoms with Gasteiger partial charge in [-0.05, 0) is 42.5 Å². The Balaban J connectivity index is 1.13. The van der Waals surface area contributed by atoms with Crippen molar-refractivity contribution >= 4 is 46.3 Å². The molecule has 2 aromatic carbocycles. The van der Waals surface area contributed by atoms with Crippen molar-refractivity contribution in [2.45, 2.75) is 10.9 Å². The predicted octanol–water partition coefficient (Wildman–Crippen LogP) is 5.69. The molecule has 5 aromatic rings. The van der Waals surface area contributed by atoms with E-state index in [-0.39, 0.29) is 5.91 Å². The van der Waals surface area contributed by atoms with Gasteiger partial charge >= 0.3 is 0 Å². The van der Waals surface area contributed by atoms with Crippen LogP contribution in [0.4, 0.5) is 5.69 Å². The lowest BCUT2D eigenvalue weighted by Crippen LogP contribution is -2.48. The molecule has 0 radical (unpaired) electrons. The molecule has 1 saturated heterocycles. The summed E-state index contributed by atoms with van der Waals surface area (Å²) in [5.41, 5.74) is 3.43. The van der Waals surface area contributed by atoms with E-state index >= 15 is 0 Å². The molecule has 11 heteroatoms. The van der Waals surface area contributed by atoms with Gasteiger partial charge in [0.25, 0.3) is 5.91 Å². The molecule has 0 N–H and O–H groups in total. The largest absolute Gasteiger partial charge is 0.368 e. The van der Waals surface area contributed by atoms with Crippen molar-refractivity contribution in [2.75, 3.05) is 31.1 Å². The number of amides is 1. The highest BCUT2D eigenvalue weighted by molar-refractivity contribution is 7.98. The SMILES string of the molecule is O=C(c1csc(CSc2nnc(-c3cccnc3)n2-c2ccccc2)n1)N1CCN(c2cccc(Cl)c2)CC1. The maximum Gasteiger partial charge on any atom is 0.273 e.